The molecule has 0 saturated heterocycles. The molecule has 0 saturated carbocycles. The van der Waals surface area contributed by atoms with E-state index in [4.69, 9.17) is 9.47 Å². The molecular formula is C20H24O3. The van der Waals surface area contributed by atoms with Gasteiger partial charge in [0.2, 0.25) is 0 Å². The van der Waals surface area contributed by atoms with Crippen molar-refractivity contribution in [2.24, 2.45) is 0 Å². The Balaban J connectivity index is 2.03. The van der Waals surface area contributed by atoms with E-state index in [2.05, 4.69) is 19.9 Å². The normalized spacial score (nSPS) is 10.7. The van der Waals surface area contributed by atoms with Crippen molar-refractivity contribution in [1.82, 2.24) is 0 Å². The molecule has 0 heterocycles. The third-order valence-electron chi connectivity index (χ3n) is 3.56. The van der Waals surface area contributed by atoms with Crippen molar-refractivity contribution < 1.29 is 14.3 Å². The van der Waals surface area contributed by atoms with Gasteiger partial charge < -0.3 is 9.47 Å². The number of esters is 1. The molecule has 0 aliphatic carbocycles. The SMILES string of the molecule is Cc1cc(C)cc(OC(=O)COc2cc(C)ccc2C(C)C)c1. The molecule has 23 heavy (non-hydrogen) atoms. The van der Waals surface area contributed by atoms with Crippen LogP contribution in [0.25, 0.3) is 0 Å². The van der Waals surface area contributed by atoms with Gasteiger partial charge >= 0.3 is 5.97 Å². The third kappa shape index (κ3) is 4.85. The van der Waals surface area contributed by atoms with Crippen LogP contribution in [0.1, 0.15) is 42.0 Å². The summed E-state index contributed by atoms with van der Waals surface area (Å²) in [6.07, 6.45) is 0. The molecule has 2 rings (SSSR count). The molecule has 3 heteroatoms. The lowest BCUT2D eigenvalue weighted by Crippen LogP contribution is -2.18. The summed E-state index contributed by atoms with van der Waals surface area (Å²) >= 11 is 0. The van der Waals surface area contributed by atoms with E-state index < -0.39 is 5.97 Å². The summed E-state index contributed by atoms with van der Waals surface area (Å²) in [5, 5.41) is 0. The average Bonchev–Trinajstić information content (AvgIpc) is 2.43. The third-order valence-corrected chi connectivity index (χ3v) is 3.56. The fourth-order valence-electron chi connectivity index (χ4n) is 2.53. The smallest absolute Gasteiger partial charge is 0.349 e. The molecule has 0 amide bonds. The highest BCUT2D eigenvalue weighted by Crippen LogP contribution is 2.27. The molecule has 0 bridgehead atoms. The van der Waals surface area contributed by atoms with E-state index in [1.807, 2.05) is 51.1 Å². The summed E-state index contributed by atoms with van der Waals surface area (Å²) < 4.78 is 11.1. The second-order valence-electron chi connectivity index (χ2n) is 6.28. The number of benzene rings is 2. The van der Waals surface area contributed by atoms with Gasteiger partial charge in [-0.25, -0.2) is 4.79 Å². The fraction of sp³-hybridized carbons (Fsp3) is 0.350. The molecule has 2 aromatic rings. The highest BCUT2D eigenvalue weighted by atomic mass is 16.6. The molecule has 2 aromatic carbocycles. The van der Waals surface area contributed by atoms with Gasteiger partial charge in [-0.2, -0.15) is 0 Å². The first-order valence-corrected chi connectivity index (χ1v) is 7.87. The zero-order valence-corrected chi connectivity index (χ0v) is 14.5. The molecule has 0 unspecified atom stereocenters. The Morgan fingerprint density at radius 3 is 2.22 bits per heavy atom. The Kier molecular flexibility index (Phi) is 5.43. The van der Waals surface area contributed by atoms with Gasteiger partial charge in [-0.1, -0.05) is 32.0 Å². The van der Waals surface area contributed by atoms with E-state index in [1.54, 1.807) is 0 Å². The zero-order valence-electron chi connectivity index (χ0n) is 14.5. The van der Waals surface area contributed by atoms with Crippen molar-refractivity contribution in [3.05, 3.63) is 58.7 Å². The van der Waals surface area contributed by atoms with E-state index in [0.29, 0.717) is 11.7 Å². The van der Waals surface area contributed by atoms with Crippen molar-refractivity contribution in [1.29, 1.82) is 0 Å². The van der Waals surface area contributed by atoms with E-state index in [1.165, 1.54) is 0 Å². The Hall–Kier alpha value is -2.29. The molecule has 0 aromatic heterocycles. The first-order chi connectivity index (χ1) is 10.8. The quantitative estimate of drug-likeness (QED) is 0.592. The number of hydrogen-bond acceptors (Lipinski definition) is 3. The van der Waals surface area contributed by atoms with Crippen LogP contribution in [0.5, 0.6) is 11.5 Å². The van der Waals surface area contributed by atoms with E-state index in [9.17, 15) is 4.79 Å². The zero-order chi connectivity index (χ0) is 17.0. The number of hydrogen-bond donors (Lipinski definition) is 0. The van der Waals surface area contributed by atoms with Crippen LogP contribution in [0.15, 0.2) is 36.4 Å². The molecule has 122 valence electrons. The van der Waals surface area contributed by atoms with Crippen molar-refractivity contribution >= 4 is 5.97 Å². The summed E-state index contributed by atoms with van der Waals surface area (Å²) in [5.41, 5.74) is 4.32. The van der Waals surface area contributed by atoms with Crippen LogP contribution in [-0.2, 0) is 4.79 Å². The van der Waals surface area contributed by atoms with Gasteiger partial charge in [-0.05, 0) is 67.1 Å². The lowest BCUT2D eigenvalue weighted by atomic mass is 10.0. The summed E-state index contributed by atoms with van der Waals surface area (Å²) in [6, 6.07) is 11.8. The molecule has 0 atom stereocenters. The highest BCUT2D eigenvalue weighted by Gasteiger charge is 2.12. The molecule has 0 fully saturated rings. The lowest BCUT2D eigenvalue weighted by Gasteiger charge is -2.14. The molecular weight excluding hydrogens is 288 g/mol. The Morgan fingerprint density at radius 2 is 1.61 bits per heavy atom. The van der Waals surface area contributed by atoms with E-state index in [-0.39, 0.29) is 6.61 Å². The van der Waals surface area contributed by atoms with Crippen LogP contribution in [0.3, 0.4) is 0 Å². The monoisotopic (exact) mass is 312 g/mol. The number of carbonyl (C=O) groups excluding carboxylic acids is 1. The molecule has 0 aliphatic heterocycles. The van der Waals surface area contributed by atoms with Gasteiger partial charge in [-0.3, -0.25) is 0 Å². The second-order valence-corrected chi connectivity index (χ2v) is 6.28. The summed E-state index contributed by atoms with van der Waals surface area (Å²) in [6.45, 7) is 10.1. The second kappa shape index (κ2) is 7.32. The number of rotatable bonds is 5. The highest BCUT2D eigenvalue weighted by molar-refractivity contribution is 5.74. The maximum atomic E-state index is 12.0. The molecule has 0 radical (unpaired) electrons. The van der Waals surface area contributed by atoms with Gasteiger partial charge in [0.1, 0.15) is 11.5 Å². The van der Waals surface area contributed by atoms with Crippen LogP contribution >= 0.6 is 0 Å². The molecule has 3 nitrogen and oxygen atoms in total. The standard InChI is InChI=1S/C20H24O3/c1-13(2)18-7-6-14(3)11-19(18)22-12-20(21)23-17-9-15(4)8-16(5)10-17/h6-11,13H,12H2,1-5H3. The molecule has 0 aliphatic rings. The lowest BCUT2D eigenvalue weighted by molar-refractivity contribution is -0.136. The Bertz CT molecular complexity index is 682. The van der Waals surface area contributed by atoms with Crippen LogP contribution in [0.4, 0.5) is 0 Å². The van der Waals surface area contributed by atoms with Gasteiger partial charge in [0, 0.05) is 0 Å². The minimum Gasteiger partial charge on any atom is -0.482 e. The first-order valence-electron chi connectivity index (χ1n) is 7.87. The van der Waals surface area contributed by atoms with Gasteiger partial charge in [0.05, 0.1) is 0 Å². The van der Waals surface area contributed by atoms with Crippen LogP contribution in [-0.4, -0.2) is 12.6 Å². The van der Waals surface area contributed by atoms with Crippen molar-refractivity contribution in [2.75, 3.05) is 6.61 Å². The van der Waals surface area contributed by atoms with Gasteiger partial charge in [-0.15, -0.1) is 0 Å². The topological polar surface area (TPSA) is 35.5 Å². The largest absolute Gasteiger partial charge is 0.482 e. The maximum absolute atomic E-state index is 12.0. The summed E-state index contributed by atoms with van der Waals surface area (Å²) in [5.74, 6) is 1.24. The van der Waals surface area contributed by atoms with E-state index in [0.717, 1.165) is 28.0 Å². The molecule has 0 N–H and O–H groups in total. The Morgan fingerprint density at radius 1 is 0.957 bits per heavy atom. The summed E-state index contributed by atoms with van der Waals surface area (Å²) in [7, 11) is 0. The van der Waals surface area contributed by atoms with Crippen LogP contribution < -0.4 is 9.47 Å². The van der Waals surface area contributed by atoms with Crippen molar-refractivity contribution in [3.8, 4) is 11.5 Å². The maximum Gasteiger partial charge on any atom is 0.349 e. The first kappa shape index (κ1) is 17.1. The predicted octanol–water partition coefficient (Wildman–Crippen LogP) is 4.72. The van der Waals surface area contributed by atoms with Crippen molar-refractivity contribution in [3.63, 3.8) is 0 Å². The number of carbonyl (C=O) groups is 1. The van der Waals surface area contributed by atoms with Gasteiger partial charge in [0.15, 0.2) is 6.61 Å². The Labute approximate surface area is 138 Å². The number of aryl methyl sites for hydroxylation is 3. The summed E-state index contributed by atoms with van der Waals surface area (Å²) in [4.78, 5) is 12.0. The molecule has 0 spiro atoms. The van der Waals surface area contributed by atoms with Gasteiger partial charge in [0.25, 0.3) is 0 Å². The fourth-order valence-corrected chi connectivity index (χ4v) is 2.53. The average molecular weight is 312 g/mol. The number of ether oxygens (including phenoxy) is 2. The minimum atomic E-state index is -0.397. The minimum absolute atomic E-state index is 0.101. The van der Waals surface area contributed by atoms with Crippen molar-refractivity contribution in [2.45, 2.75) is 40.5 Å². The van der Waals surface area contributed by atoms with E-state index >= 15 is 0 Å². The van der Waals surface area contributed by atoms with Crippen LogP contribution in [0, 0.1) is 20.8 Å². The van der Waals surface area contributed by atoms with Crippen LogP contribution in [0.2, 0.25) is 0 Å². The predicted molar refractivity (Wildman–Crippen MR) is 92.3 cm³/mol.